The third kappa shape index (κ3) is 6.75. The highest BCUT2D eigenvalue weighted by molar-refractivity contribution is 5.79. The van der Waals surface area contributed by atoms with Gasteiger partial charge in [-0.05, 0) is 37.0 Å². The molecule has 1 fully saturated rings. The molecular formula is C23H36N6O. The van der Waals surface area contributed by atoms with E-state index in [1.54, 1.807) is 7.11 Å². The highest BCUT2D eigenvalue weighted by Crippen LogP contribution is 2.28. The van der Waals surface area contributed by atoms with Gasteiger partial charge in [0.05, 0.1) is 20.2 Å². The van der Waals surface area contributed by atoms with Crippen molar-refractivity contribution in [1.29, 1.82) is 0 Å². The zero-order valence-electron chi connectivity index (χ0n) is 18.7. The van der Waals surface area contributed by atoms with Gasteiger partial charge in [0.15, 0.2) is 11.8 Å². The molecule has 2 N–H and O–H groups in total. The van der Waals surface area contributed by atoms with Crippen molar-refractivity contribution < 1.29 is 4.74 Å². The smallest absolute Gasteiger partial charge is 0.191 e. The summed E-state index contributed by atoms with van der Waals surface area (Å²) in [4.78, 5) is 4.77. The van der Waals surface area contributed by atoms with Crippen molar-refractivity contribution in [3.63, 3.8) is 0 Å². The number of nitrogens with zero attached hydrogens (tertiary/aromatic N) is 4. The maximum Gasteiger partial charge on any atom is 0.191 e. The Bertz CT molecular complexity index is 793. The summed E-state index contributed by atoms with van der Waals surface area (Å²) < 4.78 is 7.23. The van der Waals surface area contributed by atoms with Crippen LogP contribution in [0.1, 0.15) is 62.2 Å². The Balaban J connectivity index is 1.51. The standard InChI is InChI=1S/C23H36N6O/c1-18-27-28-22(29(18)2)17-26-23(24-15-7-6-10-19-8-4-5-9-19)25-16-20-11-13-21(30-3)14-12-20/h11-14,19H,4-10,15-17H2,1-3H3,(H2,24,25,26). The normalized spacial score (nSPS) is 14.8. The molecular weight excluding hydrogens is 376 g/mol. The number of methoxy groups -OCH3 is 1. The molecule has 0 spiro atoms. The molecule has 1 saturated carbocycles. The maximum absolute atomic E-state index is 5.23. The first-order valence-electron chi connectivity index (χ1n) is 11.2. The SMILES string of the molecule is COc1ccc(CN=C(NCCCCC2CCCC2)NCc2nnc(C)n2C)cc1. The van der Waals surface area contributed by atoms with Gasteiger partial charge >= 0.3 is 0 Å². The first-order chi connectivity index (χ1) is 14.7. The minimum absolute atomic E-state index is 0.591. The van der Waals surface area contributed by atoms with Crippen LogP contribution in [0.4, 0.5) is 0 Å². The van der Waals surface area contributed by atoms with Crippen LogP contribution in [0, 0.1) is 12.8 Å². The van der Waals surface area contributed by atoms with Crippen molar-refractivity contribution in [2.75, 3.05) is 13.7 Å². The predicted octanol–water partition coefficient (Wildman–Crippen LogP) is 3.73. The van der Waals surface area contributed by atoms with Crippen LogP contribution in [-0.4, -0.2) is 34.4 Å². The molecule has 0 amide bonds. The molecule has 3 rings (SSSR count). The largest absolute Gasteiger partial charge is 0.497 e. The Kier molecular flexibility index (Phi) is 8.53. The first kappa shape index (κ1) is 22.1. The van der Waals surface area contributed by atoms with Crippen LogP contribution in [0.15, 0.2) is 29.3 Å². The van der Waals surface area contributed by atoms with Crippen molar-refractivity contribution >= 4 is 5.96 Å². The lowest BCUT2D eigenvalue weighted by Crippen LogP contribution is -2.38. The van der Waals surface area contributed by atoms with E-state index in [9.17, 15) is 0 Å². The molecule has 0 atom stereocenters. The van der Waals surface area contributed by atoms with Crippen LogP contribution in [-0.2, 0) is 20.1 Å². The number of aromatic nitrogens is 3. The quantitative estimate of drug-likeness (QED) is 0.353. The number of ether oxygens (including phenoxy) is 1. The van der Waals surface area contributed by atoms with E-state index < -0.39 is 0 Å². The molecule has 1 heterocycles. The van der Waals surface area contributed by atoms with E-state index in [1.165, 1.54) is 44.9 Å². The second-order valence-corrected chi connectivity index (χ2v) is 8.16. The molecule has 0 aliphatic heterocycles. The van der Waals surface area contributed by atoms with Crippen molar-refractivity contribution in [3.8, 4) is 5.75 Å². The van der Waals surface area contributed by atoms with E-state index in [0.29, 0.717) is 13.1 Å². The number of benzene rings is 1. The Morgan fingerprint density at radius 3 is 2.57 bits per heavy atom. The number of rotatable bonds is 10. The average molecular weight is 413 g/mol. The third-order valence-corrected chi connectivity index (χ3v) is 5.98. The molecule has 1 aromatic carbocycles. The number of nitrogens with one attached hydrogen (secondary N) is 2. The molecule has 0 radical (unpaired) electrons. The van der Waals surface area contributed by atoms with Gasteiger partial charge in [-0.1, -0.05) is 50.7 Å². The number of unbranched alkanes of at least 4 members (excludes halogenated alkanes) is 1. The van der Waals surface area contributed by atoms with Crippen molar-refractivity contribution in [2.24, 2.45) is 18.0 Å². The summed E-state index contributed by atoms with van der Waals surface area (Å²) in [5.41, 5.74) is 1.15. The maximum atomic E-state index is 5.23. The van der Waals surface area contributed by atoms with Crippen LogP contribution in [0.2, 0.25) is 0 Å². The summed E-state index contributed by atoms with van der Waals surface area (Å²) in [5.74, 6) is 4.44. The second-order valence-electron chi connectivity index (χ2n) is 8.16. The molecule has 164 valence electrons. The van der Waals surface area contributed by atoms with Crippen molar-refractivity contribution in [3.05, 3.63) is 41.5 Å². The number of guanidine groups is 1. The average Bonchev–Trinajstić information content (AvgIpc) is 3.40. The summed E-state index contributed by atoms with van der Waals surface area (Å²) in [7, 11) is 3.66. The number of hydrogen-bond acceptors (Lipinski definition) is 4. The zero-order chi connectivity index (χ0) is 21.2. The highest BCUT2D eigenvalue weighted by Gasteiger charge is 2.14. The van der Waals surface area contributed by atoms with Crippen molar-refractivity contribution in [2.45, 2.75) is 65.0 Å². The van der Waals surface area contributed by atoms with Gasteiger partial charge in [-0.3, -0.25) is 0 Å². The zero-order valence-corrected chi connectivity index (χ0v) is 18.7. The van der Waals surface area contributed by atoms with Gasteiger partial charge in [0.1, 0.15) is 11.6 Å². The summed E-state index contributed by atoms with van der Waals surface area (Å²) in [6.07, 6.45) is 9.54. The molecule has 1 aliphatic rings. The minimum Gasteiger partial charge on any atom is -0.497 e. The molecule has 30 heavy (non-hydrogen) atoms. The fourth-order valence-electron chi connectivity index (χ4n) is 3.91. The summed E-state index contributed by atoms with van der Waals surface area (Å²) >= 11 is 0. The van der Waals surface area contributed by atoms with E-state index in [1.807, 2.05) is 42.8 Å². The molecule has 7 nitrogen and oxygen atoms in total. The Morgan fingerprint density at radius 2 is 1.90 bits per heavy atom. The molecule has 7 heteroatoms. The molecule has 0 bridgehead atoms. The Labute approximate surface area is 180 Å². The lowest BCUT2D eigenvalue weighted by atomic mass is 10.0. The predicted molar refractivity (Wildman–Crippen MR) is 121 cm³/mol. The van der Waals surface area contributed by atoms with E-state index in [0.717, 1.165) is 41.4 Å². The van der Waals surface area contributed by atoms with Crippen LogP contribution in [0.25, 0.3) is 0 Å². The van der Waals surface area contributed by atoms with E-state index in [4.69, 9.17) is 9.73 Å². The minimum atomic E-state index is 0.591. The van der Waals surface area contributed by atoms with Gasteiger partial charge in [-0.15, -0.1) is 10.2 Å². The van der Waals surface area contributed by atoms with Gasteiger partial charge in [0, 0.05) is 13.6 Å². The molecule has 0 saturated heterocycles. The summed E-state index contributed by atoms with van der Waals surface area (Å²) in [5, 5.41) is 15.3. The molecule has 1 aliphatic carbocycles. The fourth-order valence-corrected chi connectivity index (χ4v) is 3.91. The van der Waals surface area contributed by atoms with Crippen LogP contribution < -0.4 is 15.4 Å². The molecule has 2 aromatic rings. The van der Waals surface area contributed by atoms with Crippen LogP contribution in [0.5, 0.6) is 5.75 Å². The highest BCUT2D eigenvalue weighted by atomic mass is 16.5. The van der Waals surface area contributed by atoms with E-state index in [-0.39, 0.29) is 0 Å². The third-order valence-electron chi connectivity index (χ3n) is 5.98. The van der Waals surface area contributed by atoms with Gasteiger partial charge in [0.25, 0.3) is 0 Å². The topological polar surface area (TPSA) is 76.4 Å². The van der Waals surface area contributed by atoms with E-state index in [2.05, 4.69) is 20.8 Å². The summed E-state index contributed by atoms with van der Waals surface area (Å²) in [6.45, 7) is 4.09. The van der Waals surface area contributed by atoms with Crippen LogP contribution >= 0.6 is 0 Å². The van der Waals surface area contributed by atoms with Gasteiger partial charge < -0.3 is 19.9 Å². The Morgan fingerprint density at radius 1 is 1.13 bits per heavy atom. The molecule has 0 unspecified atom stereocenters. The lowest BCUT2D eigenvalue weighted by molar-refractivity contribution is 0.414. The second kappa shape index (κ2) is 11.6. The van der Waals surface area contributed by atoms with Gasteiger partial charge in [-0.25, -0.2) is 4.99 Å². The van der Waals surface area contributed by atoms with Gasteiger partial charge in [-0.2, -0.15) is 0 Å². The fraction of sp³-hybridized carbons (Fsp3) is 0.609. The van der Waals surface area contributed by atoms with Crippen molar-refractivity contribution in [1.82, 2.24) is 25.4 Å². The van der Waals surface area contributed by atoms with E-state index >= 15 is 0 Å². The van der Waals surface area contributed by atoms with Crippen LogP contribution in [0.3, 0.4) is 0 Å². The monoisotopic (exact) mass is 412 g/mol. The first-order valence-corrected chi connectivity index (χ1v) is 11.2. The lowest BCUT2D eigenvalue weighted by Gasteiger charge is -2.13. The number of hydrogen-bond donors (Lipinski definition) is 2. The summed E-state index contributed by atoms with van der Waals surface area (Å²) in [6, 6.07) is 8.04. The number of aliphatic imine (C=N–C) groups is 1. The number of aryl methyl sites for hydroxylation is 1. The Hall–Kier alpha value is -2.57. The molecule has 1 aromatic heterocycles. The van der Waals surface area contributed by atoms with Gasteiger partial charge in [0.2, 0.25) is 0 Å².